The van der Waals surface area contributed by atoms with Crippen molar-refractivity contribution in [1.29, 1.82) is 0 Å². The summed E-state index contributed by atoms with van der Waals surface area (Å²) in [5.41, 5.74) is 0.618. The van der Waals surface area contributed by atoms with Crippen molar-refractivity contribution in [1.82, 2.24) is 10.3 Å². The monoisotopic (exact) mass is 239 g/mol. The minimum atomic E-state index is -4.42. The highest BCUT2D eigenvalue weighted by atomic mass is 19.4. The summed E-state index contributed by atoms with van der Waals surface area (Å²) in [4.78, 5) is 3.87. The molecule has 0 amide bonds. The highest BCUT2D eigenvalue weighted by Crippen LogP contribution is 2.37. The molecule has 0 saturated heterocycles. The topological polar surface area (TPSA) is 24.9 Å². The normalized spacial score (nSPS) is 16.0. The van der Waals surface area contributed by atoms with Crippen molar-refractivity contribution in [2.24, 2.45) is 0 Å². The van der Waals surface area contributed by atoms with E-state index in [9.17, 15) is 13.2 Å². The standard InChI is InChI=1S/C12H10F3N2/c1-8-2-4-16-6-10(8)9-3-5-17-7-11(9)12(13,14)15/h2-4,6,17H,5H2,1H3. The highest BCUT2D eigenvalue weighted by Gasteiger charge is 2.38. The van der Waals surface area contributed by atoms with Gasteiger partial charge in [0, 0.05) is 24.5 Å². The predicted molar refractivity (Wildman–Crippen MR) is 57.8 cm³/mol. The molecule has 1 aliphatic heterocycles. The molecule has 0 atom stereocenters. The maximum atomic E-state index is 12.8. The van der Waals surface area contributed by atoms with Crippen LogP contribution in [-0.4, -0.2) is 17.7 Å². The van der Waals surface area contributed by atoms with E-state index in [1.807, 2.05) is 0 Å². The lowest BCUT2D eigenvalue weighted by molar-refractivity contribution is -0.0880. The molecule has 0 fully saturated rings. The Kier molecular flexibility index (Phi) is 2.92. The molecule has 17 heavy (non-hydrogen) atoms. The highest BCUT2D eigenvalue weighted by molar-refractivity contribution is 5.81. The fraction of sp³-hybridized carbons (Fsp3) is 0.250. The quantitative estimate of drug-likeness (QED) is 0.814. The van der Waals surface area contributed by atoms with Crippen molar-refractivity contribution in [2.75, 3.05) is 6.54 Å². The van der Waals surface area contributed by atoms with Gasteiger partial charge in [0.15, 0.2) is 0 Å². The Morgan fingerprint density at radius 2 is 2.18 bits per heavy atom. The maximum Gasteiger partial charge on any atom is 0.419 e. The molecule has 0 spiro atoms. The van der Waals surface area contributed by atoms with Crippen molar-refractivity contribution < 1.29 is 13.2 Å². The molecule has 0 unspecified atom stereocenters. The largest absolute Gasteiger partial charge is 0.419 e. The minimum Gasteiger partial charge on any atom is -0.379 e. The summed E-state index contributed by atoms with van der Waals surface area (Å²) in [5.74, 6) is 0. The molecule has 1 aromatic heterocycles. The van der Waals surface area contributed by atoms with E-state index < -0.39 is 11.7 Å². The molecule has 1 N–H and O–H groups in total. The van der Waals surface area contributed by atoms with Gasteiger partial charge >= 0.3 is 6.18 Å². The Hall–Kier alpha value is -1.78. The van der Waals surface area contributed by atoms with Gasteiger partial charge in [0.1, 0.15) is 0 Å². The molecular formula is C12H10F3N2. The Balaban J connectivity index is 2.48. The first kappa shape index (κ1) is 11.7. The van der Waals surface area contributed by atoms with Crippen molar-refractivity contribution in [3.63, 3.8) is 0 Å². The van der Waals surface area contributed by atoms with Crippen LogP contribution in [0.1, 0.15) is 11.1 Å². The zero-order chi connectivity index (χ0) is 12.5. The summed E-state index contributed by atoms with van der Waals surface area (Å²) >= 11 is 0. The molecule has 0 aliphatic carbocycles. The van der Waals surface area contributed by atoms with Gasteiger partial charge in [-0.25, -0.2) is 0 Å². The van der Waals surface area contributed by atoms with Gasteiger partial charge < -0.3 is 5.32 Å². The van der Waals surface area contributed by atoms with E-state index in [0.29, 0.717) is 12.1 Å². The zero-order valence-electron chi connectivity index (χ0n) is 9.10. The maximum absolute atomic E-state index is 12.8. The van der Waals surface area contributed by atoms with E-state index in [2.05, 4.69) is 16.5 Å². The first-order chi connectivity index (χ1) is 8.00. The summed E-state index contributed by atoms with van der Waals surface area (Å²) in [6.07, 6.45) is 2.27. The molecule has 1 aliphatic rings. The van der Waals surface area contributed by atoms with Crippen LogP contribution in [0.25, 0.3) is 5.57 Å². The minimum absolute atomic E-state index is 0.141. The van der Waals surface area contributed by atoms with Gasteiger partial charge in [-0.2, -0.15) is 13.2 Å². The van der Waals surface area contributed by atoms with Gasteiger partial charge in [0.05, 0.1) is 11.8 Å². The first-order valence-corrected chi connectivity index (χ1v) is 5.04. The number of aromatic nitrogens is 1. The molecule has 5 heteroatoms. The third kappa shape index (κ3) is 2.33. The number of rotatable bonds is 1. The number of nitrogens with one attached hydrogen (secondary N) is 1. The van der Waals surface area contributed by atoms with Crippen LogP contribution in [0.2, 0.25) is 0 Å². The molecule has 0 saturated carbocycles. The number of halogens is 3. The Morgan fingerprint density at radius 1 is 1.41 bits per heavy atom. The lowest BCUT2D eigenvalue weighted by atomic mass is 9.94. The number of hydrogen-bond donors (Lipinski definition) is 1. The molecule has 2 nitrogen and oxygen atoms in total. The van der Waals surface area contributed by atoms with Gasteiger partial charge in [-0.1, -0.05) is 6.08 Å². The number of pyridine rings is 1. The van der Waals surface area contributed by atoms with Crippen molar-refractivity contribution in [2.45, 2.75) is 13.1 Å². The number of alkyl halides is 3. The van der Waals surface area contributed by atoms with E-state index >= 15 is 0 Å². The molecule has 0 aromatic carbocycles. The molecule has 89 valence electrons. The fourth-order valence-corrected chi connectivity index (χ4v) is 1.68. The third-order valence-electron chi connectivity index (χ3n) is 2.50. The van der Waals surface area contributed by atoms with Crippen LogP contribution in [0.4, 0.5) is 13.2 Å². The molecule has 0 bridgehead atoms. The van der Waals surface area contributed by atoms with Gasteiger partial charge in [-0.05, 0) is 24.1 Å². The number of dihydropyridines is 1. The Bertz CT molecular complexity index is 487. The summed E-state index contributed by atoms with van der Waals surface area (Å²) in [6.45, 7) is 2.09. The fourth-order valence-electron chi connectivity index (χ4n) is 1.68. The van der Waals surface area contributed by atoms with Crippen LogP contribution in [0.15, 0.2) is 30.1 Å². The molecule has 1 radical (unpaired) electrons. The average molecular weight is 239 g/mol. The van der Waals surface area contributed by atoms with Crippen molar-refractivity contribution >= 4 is 5.57 Å². The summed E-state index contributed by atoms with van der Waals surface area (Å²) in [7, 11) is 0. The molecule has 2 heterocycles. The van der Waals surface area contributed by atoms with Gasteiger partial charge in [-0.3, -0.25) is 4.98 Å². The number of nitrogens with zero attached hydrogens (tertiary/aromatic N) is 1. The average Bonchev–Trinajstić information content (AvgIpc) is 2.28. The van der Waals surface area contributed by atoms with E-state index in [1.165, 1.54) is 12.3 Å². The van der Waals surface area contributed by atoms with Crippen LogP contribution in [0, 0.1) is 13.1 Å². The van der Waals surface area contributed by atoms with Crippen LogP contribution < -0.4 is 5.32 Å². The second kappa shape index (κ2) is 4.24. The molecule has 2 rings (SSSR count). The van der Waals surface area contributed by atoms with E-state index in [-0.39, 0.29) is 5.57 Å². The van der Waals surface area contributed by atoms with Gasteiger partial charge in [0.2, 0.25) is 0 Å². The van der Waals surface area contributed by atoms with Crippen molar-refractivity contribution in [3.8, 4) is 0 Å². The Morgan fingerprint density at radius 3 is 2.82 bits per heavy atom. The zero-order valence-corrected chi connectivity index (χ0v) is 9.10. The smallest absolute Gasteiger partial charge is 0.379 e. The van der Waals surface area contributed by atoms with Gasteiger partial charge in [-0.15, -0.1) is 0 Å². The van der Waals surface area contributed by atoms with E-state index in [1.54, 1.807) is 19.2 Å². The lowest BCUT2D eigenvalue weighted by Gasteiger charge is -2.20. The van der Waals surface area contributed by atoms with Crippen LogP contribution >= 0.6 is 0 Å². The summed E-state index contributed by atoms with van der Waals surface area (Å²) in [6, 6.07) is 1.69. The summed E-state index contributed by atoms with van der Waals surface area (Å²) < 4.78 is 38.4. The van der Waals surface area contributed by atoms with E-state index in [4.69, 9.17) is 0 Å². The van der Waals surface area contributed by atoms with Crippen molar-refractivity contribution in [3.05, 3.63) is 47.4 Å². The third-order valence-corrected chi connectivity index (χ3v) is 2.50. The summed E-state index contributed by atoms with van der Waals surface area (Å²) in [5, 5.41) is 2.46. The predicted octanol–water partition coefficient (Wildman–Crippen LogP) is 2.63. The number of aryl methyl sites for hydroxylation is 1. The lowest BCUT2D eigenvalue weighted by Crippen LogP contribution is -2.22. The second-order valence-corrected chi connectivity index (χ2v) is 3.69. The van der Waals surface area contributed by atoms with E-state index in [0.717, 1.165) is 5.56 Å². The SMILES string of the molecule is Cc1ccncc1C1=CCN[C]=C1C(F)(F)F. The second-order valence-electron chi connectivity index (χ2n) is 3.69. The van der Waals surface area contributed by atoms with Crippen LogP contribution in [0.3, 0.4) is 0 Å². The molecular weight excluding hydrogens is 229 g/mol. The van der Waals surface area contributed by atoms with Crippen LogP contribution in [-0.2, 0) is 0 Å². The number of hydrogen-bond acceptors (Lipinski definition) is 2. The number of allylic oxidation sites excluding steroid dienone is 2. The molecule has 1 aromatic rings. The van der Waals surface area contributed by atoms with Crippen LogP contribution in [0.5, 0.6) is 0 Å². The Labute approximate surface area is 96.9 Å². The van der Waals surface area contributed by atoms with Gasteiger partial charge in [0.25, 0.3) is 0 Å². The first-order valence-electron chi connectivity index (χ1n) is 5.04.